The summed E-state index contributed by atoms with van der Waals surface area (Å²) in [5.41, 5.74) is 0. The van der Waals surface area contributed by atoms with Crippen molar-refractivity contribution in [3.05, 3.63) is 72.9 Å². The Balaban J connectivity index is 3.52. The monoisotopic (exact) mass is 542 g/mol. The van der Waals surface area contributed by atoms with E-state index in [9.17, 15) is 9.90 Å². The van der Waals surface area contributed by atoms with Gasteiger partial charge in [0.05, 0.1) is 13.2 Å². The Morgan fingerprint density at radius 1 is 0.641 bits per heavy atom. The van der Waals surface area contributed by atoms with E-state index in [1.807, 2.05) is 0 Å². The van der Waals surface area contributed by atoms with Crippen LogP contribution in [0.2, 0.25) is 0 Å². The zero-order valence-corrected chi connectivity index (χ0v) is 25.1. The van der Waals surface area contributed by atoms with Crippen LogP contribution in [-0.4, -0.2) is 37.0 Å². The van der Waals surface area contributed by atoms with Crippen LogP contribution in [0, 0.1) is 0 Å². The minimum atomic E-state index is -0.541. The summed E-state index contributed by atoms with van der Waals surface area (Å²) in [6.07, 6.45) is 42.8. The predicted molar refractivity (Wildman–Crippen MR) is 168 cm³/mol. The van der Waals surface area contributed by atoms with Gasteiger partial charge in [-0.15, -0.1) is 0 Å². The molecule has 0 aromatic heterocycles. The smallest absolute Gasteiger partial charge is 0.306 e. The van der Waals surface area contributed by atoms with Gasteiger partial charge in [-0.3, -0.25) is 4.79 Å². The second-order valence-electron chi connectivity index (χ2n) is 9.80. The number of rotatable bonds is 27. The molecule has 0 aromatic rings. The number of aliphatic hydroxyl groups is 1. The number of esters is 1. The highest BCUT2D eigenvalue weighted by Gasteiger charge is 2.13. The maximum Gasteiger partial charge on any atom is 0.306 e. The van der Waals surface area contributed by atoms with E-state index in [0.29, 0.717) is 13.0 Å². The van der Waals surface area contributed by atoms with Crippen molar-refractivity contribution in [3.63, 3.8) is 0 Å². The van der Waals surface area contributed by atoms with Crippen LogP contribution in [0.1, 0.15) is 117 Å². The number of allylic oxidation sites excluding steroid dienone is 12. The molecule has 0 aliphatic rings. The van der Waals surface area contributed by atoms with Gasteiger partial charge in [-0.25, -0.2) is 0 Å². The third kappa shape index (κ3) is 30.2. The average molecular weight is 543 g/mol. The van der Waals surface area contributed by atoms with Gasteiger partial charge in [0.25, 0.3) is 0 Å². The van der Waals surface area contributed by atoms with Crippen LogP contribution in [0.4, 0.5) is 0 Å². The molecule has 0 heterocycles. The fourth-order valence-corrected chi connectivity index (χ4v) is 3.74. The normalized spacial score (nSPS) is 13.4. The highest BCUT2D eigenvalue weighted by atomic mass is 16.6. The van der Waals surface area contributed by atoms with Crippen molar-refractivity contribution in [2.24, 2.45) is 0 Å². The van der Waals surface area contributed by atoms with Crippen LogP contribution in [0.25, 0.3) is 0 Å². The average Bonchev–Trinajstić information content (AvgIpc) is 2.94. The molecule has 0 saturated heterocycles. The number of carbonyl (C=O) groups excluding carboxylic acids is 1. The largest absolute Gasteiger partial charge is 0.457 e. The fraction of sp³-hybridized carbons (Fsp3) is 0.629. The molecule has 1 N–H and O–H groups in total. The van der Waals surface area contributed by atoms with Crippen molar-refractivity contribution in [2.75, 3.05) is 19.8 Å². The Kier molecular flexibility index (Phi) is 30.3. The van der Waals surface area contributed by atoms with Crippen molar-refractivity contribution in [3.8, 4) is 0 Å². The summed E-state index contributed by atoms with van der Waals surface area (Å²) < 4.78 is 10.9. The Morgan fingerprint density at radius 2 is 1.15 bits per heavy atom. The molecule has 0 bridgehead atoms. The third-order valence-electron chi connectivity index (χ3n) is 6.05. The summed E-state index contributed by atoms with van der Waals surface area (Å²) in [4.78, 5) is 11.7. The van der Waals surface area contributed by atoms with Crippen molar-refractivity contribution in [1.82, 2.24) is 0 Å². The molecule has 0 saturated carbocycles. The summed E-state index contributed by atoms with van der Waals surface area (Å²) in [5.74, 6) is -0.238. The van der Waals surface area contributed by atoms with E-state index in [0.717, 1.165) is 77.0 Å². The minimum absolute atomic E-state index is 0.186. The van der Waals surface area contributed by atoms with E-state index in [1.54, 1.807) is 0 Å². The summed E-state index contributed by atoms with van der Waals surface area (Å²) in [6.45, 7) is 5.00. The topological polar surface area (TPSA) is 55.8 Å². The van der Waals surface area contributed by atoms with E-state index in [1.165, 1.54) is 19.3 Å². The Bertz CT molecular complexity index is 699. The second kappa shape index (κ2) is 32.0. The number of hydrogen-bond donors (Lipinski definition) is 1. The van der Waals surface area contributed by atoms with E-state index in [2.05, 4.69) is 86.8 Å². The van der Waals surface area contributed by atoms with E-state index >= 15 is 0 Å². The first-order valence-electron chi connectivity index (χ1n) is 15.5. The molecule has 1 atom stereocenters. The van der Waals surface area contributed by atoms with Gasteiger partial charge in [-0.2, -0.15) is 0 Å². The quantitative estimate of drug-likeness (QED) is 0.0638. The van der Waals surface area contributed by atoms with Crippen molar-refractivity contribution in [1.29, 1.82) is 0 Å². The van der Waals surface area contributed by atoms with Gasteiger partial charge < -0.3 is 14.6 Å². The lowest BCUT2D eigenvalue weighted by atomic mass is 10.1. The third-order valence-corrected chi connectivity index (χ3v) is 6.05. The maximum atomic E-state index is 11.7. The highest BCUT2D eigenvalue weighted by Crippen LogP contribution is 2.08. The summed E-state index contributed by atoms with van der Waals surface area (Å²) in [6, 6.07) is 0. The lowest BCUT2D eigenvalue weighted by Crippen LogP contribution is -2.27. The van der Waals surface area contributed by atoms with Crippen LogP contribution in [0.3, 0.4) is 0 Å². The first kappa shape index (κ1) is 36.8. The minimum Gasteiger partial charge on any atom is -0.457 e. The maximum absolute atomic E-state index is 11.7. The molecular weight excluding hydrogens is 484 g/mol. The molecule has 0 aromatic carbocycles. The lowest BCUT2D eigenvalue weighted by molar-refractivity contribution is -0.154. The number of unbranched alkanes of at least 4 members (excludes halogenated alkanes) is 7. The second-order valence-corrected chi connectivity index (χ2v) is 9.80. The molecule has 0 spiro atoms. The summed E-state index contributed by atoms with van der Waals surface area (Å²) in [5, 5.41) is 9.37. The molecule has 1 unspecified atom stereocenters. The fourth-order valence-electron chi connectivity index (χ4n) is 3.74. The number of hydrogen-bond acceptors (Lipinski definition) is 4. The SMILES string of the molecule is CC/C=C\C/C=C\C/C=C\C/C=C\C/C=C\C/C=C\CCCCCCCOCC(CO)OC(=O)CCCCC. The van der Waals surface area contributed by atoms with Crippen LogP contribution >= 0.6 is 0 Å². The molecular formula is C35H58O4. The predicted octanol–water partition coefficient (Wildman–Crippen LogP) is 9.53. The van der Waals surface area contributed by atoms with Gasteiger partial charge in [0.1, 0.15) is 6.10 Å². The number of ether oxygens (including phenoxy) is 2. The lowest BCUT2D eigenvalue weighted by Gasteiger charge is -2.15. The number of aliphatic hydroxyl groups excluding tert-OH is 1. The van der Waals surface area contributed by atoms with Gasteiger partial charge in [0.2, 0.25) is 0 Å². The molecule has 0 fully saturated rings. The van der Waals surface area contributed by atoms with E-state index in [-0.39, 0.29) is 19.2 Å². The zero-order valence-electron chi connectivity index (χ0n) is 25.1. The Morgan fingerprint density at radius 3 is 1.69 bits per heavy atom. The zero-order chi connectivity index (χ0) is 28.5. The molecule has 0 radical (unpaired) electrons. The molecule has 0 aliphatic carbocycles. The molecule has 0 aliphatic heterocycles. The van der Waals surface area contributed by atoms with Gasteiger partial charge in [0, 0.05) is 13.0 Å². The Labute approximate surface area is 240 Å². The van der Waals surface area contributed by atoms with Gasteiger partial charge in [-0.05, 0) is 64.2 Å². The van der Waals surface area contributed by atoms with Crippen LogP contribution in [0.15, 0.2) is 72.9 Å². The Hall–Kier alpha value is -2.17. The van der Waals surface area contributed by atoms with Gasteiger partial charge in [-0.1, -0.05) is 119 Å². The first-order chi connectivity index (χ1) is 19.2. The molecule has 222 valence electrons. The summed E-state index contributed by atoms with van der Waals surface area (Å²) >= 11 is 0. The highest BCUT2D eigenvalue weighted by molar-refractivity contribution is 5.69. The molecule has 4 heteroatoms. The molecule has 39 heavy (non-hydrogen) atoms. The molecule has 0 rings (SSSR count). The standard InChI is InChI=1S/C35H58O4/c1-3-5-7-8-9-10-11-12-13-14-15-16-17-18-19-20-21-22-23-24-25-26-27-29-31-38-33-34(32-36)39-35(37)30-28-6-4-2/h5,7,9-10,12-13,15-16,18-19,21-22,34,36H,3-4,6,8,11,14,17,20,23-33H2,1-2H3/b7-5-,10-9-,13-12-,16-15-,19-18-,22-21-. The van der Waals surface area contributed by atoms with Gasteiger partial charge >= 0.3 is 5.97 Å². The first-order valence-corrected chi connectivity index (χ1v) is 15.5. The van der Waals surface area contributed by atoms with E-state index in [4.69, 9.17) is 9.47 Å². The van der Waals surface area contributed by atoms with Crippen LogP contribution < -0.4 is 0 Å². The number of carbonyl (C=O) groups is 1. The van der Waals surface area contributed by atoms with Crippen molar-refractivity contribution >= 4 is 5.97 Å². The van der Waals surface area contributed by atoms with Crippen LogP contribution in [0.5, 0.6) is 0 Å². The van der Waals surface area contributed by atoms with Crippen molar-refractivity contribution < 1.29 is 19.4 Å². The molecule has 0 amide bonds. The summed E-state index contributed by atoms with van der Waals surface area (Å²) in [7, 11) is 0. The van der Waals surface area contributed by atoms with Gasteiger partial charge in [0.15, 0.2) is 0 Å². The van der Waals surface area contributed by atoms with Crippen LogP contribution in [-0.2, 0) is 14.3 Å². The molecule has 4 nitrogen and oxygen atoms in total. The van der Waals surface area contributed by atoms with Crippen molar-refractivity contribution in [2.45, 2.75) is 123 Å². The van der Waals surface area contributed by atoms with E-state index < -0.39 is 6.10 Å².